The molecule has 1 heterocycles. The lowest BCUT2D eigenvalue weighted by atomic mass is 10.1. The van der Waals surface area contributed by atoms with Crippen molar-refractivity contribution in [3.63, 3.8) is 0 Å². The maximum atomic E-state index is 5.43. The number of tetrazole rings is 1. The minimum Gasteiger partial charge on any atom is -0.494 e. The Hall–Kier alpha value is -1.95. The van der Waals surface area contributed by atoms with Crippen LogP contribution >= 0.6 is 0 Å². The van der Waals surface area contributed by atoms with E-state index in [4.69, 9.17) is 4.74 Å². The Morgan fingerprint density at radius 3 is 2.50 bits per heavy atom. The first-order valence-electron chi connectivity index (χ1n) is 6.75. The predicted molar refractivity (Wildman–Crippen MR) is 76.9 cm³/mol. The number of benzene rings is 1. The zero-order valence-electron chi connectivity index (χ0n) is 12.4. The second-order valence-electron chi connectivity index (χ2n) is 5.54. The van der Waals surface area contributed by atoms with E-state index in [0.717, 1.165) is 17.3 Å². The van der Waals surface area contributed by atoms with Crippen LogP contribution in [0.25, 0.3) is 5.69 Å². The third kappa shape index (κ3) is 3.77. The Morgan fingerprint density at radius 2 is 1.90 bits per heavy atom. The van der Waals surface area contributed by atoms with Crippen molar-refractivity contribution in [1.29, 1.82) is 0 Å². The molecule has 0 radical (unpaired) electrons. The number of ether oxygens (including phenoxy) is 1. The van der Waals surface area contributed by atoms with E-state index in [0.29, 0.717) is 13.2 Å². The number of nitrogens with zero attached hydrogens (tertiary/aromatic N) is 4. The smallest absolute Gasteiger partial charge is 0.170 e. The van der Waals surface area contributed by atoms with Crippen LogP contribution in [0.2, 0.25) is 0 Å². The molecule has 0 spiro atoms. The third-order valence-corrected chi connectivity index (χ3v) is 2.70. The van der Waals surface area contributed by atoms with Crippen molar-refractivity contribution in [2.45, 2.75) is 39.8 Å². The molecule has 0 unspecified atom stereocenters. The Kier molecular flexibility index (Phi) is 4.34. The Balaban J connectivity index is 2.14. The van der Waals surface area contributed by atoms with Gasteiger partial charge in [-0.25, -0.2) is 0 Å². The average Bonchev–Trinajstić information content (AvgIpc) is 2.85. The molecule has 2 aromatic rings. The molecule has 0 aliphatic carbocycles. The average molecular weight is 275 g/mol. The number of rotatable bonds is 5. The Bertz CT molecular complexity index is 541. The van der Waals surface area contributed by atoms with E-state index < -0.39 is 0 Å². The first-order valence-corrected chi connectivity index (χ1v) is 6.75. The number of aromatic nitrogens is 4. The fraction of sp³-hybridized carbons (Fsp3) is 0.500. The SMILES string of the molecule is CCOc1ccc(-n2nnnc2CNC(C)(C)C)cc1. The highest BCUT2D eigenvalue weighted by Crippen LogP contribution is 2.15. The van der Waals surface area contributed by atoms with Gasteiger partial charge in [0.2, 0.25) is 0 Å². The molecule has 0 saturated carbocycles. The van der Waals surface area contributed by atoms with Crippen molar-refractivity contribution in [2.24, 2.45) is 0 Å². The Morgan fingerprint density at radius 1 is 1.20 bits per heavy atom. The van der Waals surface area contributed by atoms with Crippen molar-refractivity contribution in [3.8, 4) is 11.4 Å². The van der Waals surface area contributed by atoms with E-state index in [1.807, 2.05) is 31.2 Å². The fourth-order valence-corrected chi connectivity index (χ4v) is 1.71. The first-order chi connectivity index (χ1) is 9.49. The standard InChI is InChI=1S/C14H21N5O/c1-5-20-12-8-6-11(7-9-12)19-13(16-17-18-19)10-15-14(2,3)4/h6-9,15H,5,10H2,1-4H3. The van der Waals surface area contributed by atoms with Gasteiger partial charge in [-0.1, -0.05) is 0 Å². The molecular weight excluding hydrogens is 254 g/mol. The molecular formula is C14H21N5O. The summed E-state index contributed by atoms with van der Waals surface area (Å²) in [6.45, 7) is 9.56. The summed E-state index contributed by atoms with van der Waals surface area (Å²) in [6.07, 6.45) is 0. The van der Waals surface area contributed by atoms with Gasteiger partial charge >= 0.3 is 0 Å². The molecule has 2 rings (SSSR count). The minimum atomic E-state index is 0.0234. The molecule has 1 aromatic heterocycles. The van der Waals surface area contributed by atoms with Gasteiger partial charge in [-0.2, -0.15) is 4.68 Å². The van der Waals surface area contributed by atoms with E-state index >= 15 is 0 Å². The van der Waals surface area contributed by atoms with Crippen LogP contribution in [-0.2, 0) is 6.54 Å². The zero-order valence-corrected chi connectivity index (χ0v) is 12.4. The van der Waals surface area contributed by atoms with Crippen molar-refractivity contribution in [3.05, 3.63) is 30.1 Å². The summed E-state index contributed by atoms with van der Waals surface area (Å²) >= 11 is 0. The van der Waals surface area contributed by atoms with Crippen LogP contribution in [-0.4, -0.2) is 32.4 Å². The van der Waals surface area contributed by atoms with Crippen LogP contribution in [0.5, 0.6) is 5.75 Å². The second kappa shape index (κ2) is 6.00. The summed E-state index contributed by atoms with van der Waals surface area (Å²) < 4.78 is 7.16. The van der Waals surface area contributed by atoms with Gasteiger partial charge in [-0.3, -0.25) is 0 Å². The molecule has 0 bridgehead atoms. The quantitative estimate of drug-likeness (QED) is 0.903. The van der Waals surface area contributed by atoms with Gasteiger partial charge in [0.15, 0.2) is 5.82 Å². The molecule has 0 aliphatic heterocycles. The summed E-state index contributed by atoms with van der Waals surface area (Å²) in [5, 5.41) is 15.2. The lowest BCUT2D eigenvalue weighted by Crippen LogP contribution is -2.35. The molecule has 0 fully saturated rings. The summed E-state index contributed by atoms with van der Waals surface area (Å²) in [4.78, 5) is 0. The highest BCUT2D eigenvalue weighted by atomic mass is 16.5. The van der Waals surface area contributed by atoms with Gasteiger partial charge in [0.1, 0.15) is 5.75 Å². The highest BCUT2D eigenvalue weighted by molar-refractivity contribution is 5.37. The maximum Gasteiger partial charge on any atom is 0.170 e. The van der Waals surface area contributed by atoms with Gasteiger partial charge in [0, 0.05) is 5.54 Å². The fourth-order valence-electron chi connectivity index (χ4n) is 1.71. The van der Waals surface area contributed by atoms with Crippen molar-refractivity contribution in [1.82, 2.24) is 25.5 Å². The van der Waals surface area contributed by atoms with E-state index in [9.17, 15) is 0 Å². The van der Waals surface area contributed by atoms with Gasteiger partial charge < -0.3 is 10.1 Å². The summed E-state index contributed by atoms with van der Waals surface area (Å²) in [5.74, 6) is 1.63. The monoisotopic (exact) mass is 275 g/mol. The van der Waals surface area contributed by atoms with Crippen molar-refractivity contribution < 1.29 is 4.74 Å². The van der Waals surface area contributed by atoms with Gasteiger partial charge in [0.25, 0.3) is 0 Å². The van der Waals surface area contributed by atoms with Gasteiger partial charge in [-0.05, 0) is 62.4 Å². The third-order valence-electron chi connectivity index (χ3n) is 2.70. The summed E-state index contributed by atoms with van der Waals surface area (Å²) in [6, 6.07) is 7.73. The summed E-state index contributed by atoms with van der Waals surface area (Å²) in [5.41, 5.74) is 0.944. The Labute approximate surface area is 119 Å². The van der Waals surface area contributed by atoms with Crippen LogP contribution in [0, 0.1) is 0 Å². The molecule has 0 atom stereocenters. The molecule has 6 heteroatoms. The van der Waals surface area contributed by atoms with E-state index in [2.05, 4.69) is 41.6 Å². The molecule has 1 N–H and O–H groups in total. The first kappa shape index (κ1) is 14.5. The maximum absolute atomic E-state index is 5.43. The second-order valence-corrected chi connectivity index (χ2v) is 5.54. The van der Waals surface area contributed by atoms with Gasteiger partial charge in [-0.15, -0.1) is 5.10 Å². The molecule has 6 nitrogen and oxygen atoms in total. The van der Waals surface area contributed by atoms with E-state index in [1.54, 1.807) is 4.68 Å². The number of hydrogen-bond donors (Lipinski definition) is 1. The van der Waals surface area contributed by atoms with E-state index in [1.165, 1.54) is 0 Å². The normalized spacial score (nSPS) is 11.6. The van der Waals surface area contributed by atoms with Crippen LogP contribution < -0.4 is 10.1 Å². The number of hydrogen-bond acceptors (Lipinski definition) is 5. The lowest BCUT2D eigenvalue weighted by molar-refractivity contribution is 0.340. The molecule has 0 aliphatic rings. The van der Waals surface area contributed by atoms with Crippen LogP contribution in [0.3, 0.4) is 0 Å². The van der Waals surface area contributed by atoms with Crippen LogP contribution in [0.15, 0.2) is 24.3 Å². The van der Waals surface area contributed by atoms with Crippen LogP contribution in [0.4, 0.5) is 0 Å². The highest BCUT2D eigenvalue weighted by Gasteiger charge is 2.13. The predicted octanol–water partition coefficient (Wildman–Crippen LogP) is 1.95. The molecule has 108 valence electrons. The minimum absolute atomic E-state index is 0.0234. The van der Waals surface area contributed by atoms with Gasteiger partial charge in [0.05, 0.1) is 18.8 Å². The molecule has 20 heavy (non-hydrogen) atoms. The van der Waals surface area contributed by atoms with E-state index in [-0.39, 0.29) is 5.54 Å². The molecule has 0 amide bonds. The van der Waals surface area contributed by atoms with Crippen LogP contribution in [0.1, 0.15) is 33.5 Å². The molecule has 1 aromatic carbocycles. The number of nitrogens with one attached hydrogen (secondary N) is 1. The summed E-state index contributed by atoms with van der Waals surface area (Å²) in [7, 11) is 0. The largest absolute Gasteiger partial charge is 0.494 e. The topological polar surface area (TPSA) is 64.9 Å². The van der Waals surface area contributed by atoms with Crippen molar-refractivity contribution in [2.75, 3.05) is 6.61 Å². The molecule has 0 saturated heterocycles. The van der Waals surface area contributed by atoms with Crippen molar-refractivity contribution >= 4 is 0 Å². The zero-order chi connectivity index (χ0) is 14.6. The lowest BCUT2D eigenvalue weighted by Gasteiger charge is -2.19.